The molecule has 0 bridgehead atoms. The molecule has 100 valence electrons. The summed E-state index contributed by atoms with van der Waals surface area (Å²) in [4.78, 5) is 0. The number of rotatable bonds is 3. The van der Waals surface area contributed by atoms with Gasteiger partial charge < -0.3 is 5.11 Å². The minimum Gasteiger partial charge on any atom is -0.388 e. The molecule has 2 aromatic carbocycles. The second-order valence-electron chi connectivity index (χ2n) is 4.14. The number of benzene rings is 2. The van der Waals surface area contributed by atoms with Crippen LogP contribution in [0.15, 0.2) is 36.4 Å². The molecule has 0 fully saturated rings. The van der Waals surface area contributed by atoms with E-state index < -0.39 is 11.9 Å². The van der Waals surface area contributed by atoms with Crippen molar-refractivity contribution in [1.82, 2.24) is 0 Å². The highest BCUT2D eigenvalue weighted by Gasteiger charge is 2.14. The van der Waals surface area contributed by atoms with Crippen LogP contribution in [0.5, 0.6) is 0 Å². The van der Waals surface area contributed by atoms with Gasteiger partial charge in [0.15, 0.2) is 0 Å². The lowest BCUT2D eigenvalue weighted by molar-refractivity contribution is 0.177. The Balaban J connectivity index is 2.25. The summed E-state index contributed by atoms with van der Waals surface area (Å²) in [5, 5.41) is 11.0. The molecule has 0 amide bonds. The van der Waals surface area contributed by atoms with E-state index >= 15 is 0 Å². The Hall–Kier alpha value is -0.800. The maximum atomic E-state index is 13.7. The van der Waals surface area contributed by atoms with E-state index in [1.807, 2.05) is 0 Å². The van der Waals surface area contributed by atoms with Crippen LogP contribution in [-0.4, -0.2) is 5.11 Å². The van der Waals surface area contributed by atoms with Crippen LogP contribution in [0.2, 0.25) is 15.1 Å². The Morgan fingerprint density at radius 2 is 1.68 bits per heavy atom. The fourth-order valence-corrected chi connectivity index (χ4v) is 2.54. The standard InChI is InChI=1S/C14H10Cl3FO/c15-10-4-9(5-11(16)7-10)13(19)6-8-2-1-3-12(17)14(8)18/h1-5,7,13,19H,6H2. The fraction of sp³-hybridized carbons (Fsp3) is 0.143. The highest BCUT2D eigenvalue weighted by molar-refractivity contribution is 6.34. The van der Waals surface area contributed by atoms with E-state index in [2.05, 4.69) is 0 Å². The van der Waals surface area contributed by atoms with Crippen molar-refractivity contribution < 1.29 is 9.50 Å². The fourth-order valence-electron chi connectivity index (χ4n) is 1.80. The van der Waals surface area contributed by atoms with Crippen LogP contribution in [0.3, 0.4) is 0 Å². The molecule has 2 rings (SSSR count). The van der Waals surface area contributed by atoms with Gasteiger partial charge in [0.25, 0.3) is 0 Å². The van der Waals surface area contributed by atoms with Crippen molar-refractivity contribution >= 4 is 34.8 Å². The van der Waals surface area contributed by atoms with Gasteiger partial charge in [-0.15, -0.1) is 0 Å². The van der Waals surface area contributed by atoms with Gasteiger partial charge in [0, 0.05) is 16.5 Å². The van der Waals surface area contributed by atoms with E-state index in [1.165, 1.54) is 6.07 Å². The second-order valence-corrected chi connectivity index (χ2v) is 5.42. The Labute approximate surface area is 125 Å². The summed E-state index contributed by atoms with van der Waals surface area (Å²) >= 11 is 17.4. The highest BCUT2D eigenvalue weighted by Crippen LogP contribution is 2.27. The van der Waals surface area contributed by atoms with Gasteiger partial charge in [0.05, 0.1) is 11.1 Å². The third kappa shape index (κ3) is 3.61. The van der Waals surface area contributed by atoms with Gasteiger partial charge in [-0.3, -0.25) is 0 Å². The SMILES string of the molecule is OC(Cc1cccc(Cl)c1F)c1cc(Cl)cc(Cl)c1. The van der Waals surface area contributed by atoms with E-state index in [0.717, 1.165) is 0 Å². The molecule has 0 saturated heterocycles. The van der Waals surface area contributed by atoms with E-state index in [4.69, 9.17) is 34.8 Å². The van der Waals surface area contributed by atoms with Gasteiger partial charge in [0.2, 0.25) is 0 Å². The first-order chi connectivity index (χ1) is 8.97. The first-order valence-electron chi connectivity index (χ1n) is 5.54. The van der Waals surface area contributed by atoms with E-state index in [9.17, 15) is 9.50 Å². The second kappa shape index (κ2) is 6.10. The number of halogens is 4. The molecule has 19 heavy (non-hydrogen) atoms. The van der Waals surface area contributed by atoms with Crippen molar-refractivity contribution in [2.75, 3.05) is 0 Å². The molecule has 2 aromatic rings. The zero-order valence-corrected chi connectivity index (χ0v) is 12.0. The third-order valence-corrected chi connectivity index (χ3v) is 3.44. The quantitative estimate of drug-likeness (QED) is 0.838. The molecular weight excluding hydrogens is 310 g/mol. The number of hydrogen-bond donors (Lipinski definition) is 1. The summed E-state index contributed by atoms with van der Waals surface area (Å²) in [6.07, 6.45) is -0.799. The van der Waals surface area contributed by atoms with Crippen molar-refractivity contribution in [1.29, 1.82) is 0 Å². The molecule has 0 aromatic heterocycles. The highest BCUT2D eigenvalue weighted by atomic mass is 35.5. The monoisotopic (exact) mass is 318 g/mol. The van der Waals surface area contributed by atoms with Crippen molar-refractivity contribution in [3.63, 3.8) is 0 Å². The summed E-state index contributed by atoms with van der Waals surface area (Å²) in [6.45, 7) is 0. The molecule has 1 N–H and O–H groups in total. The molecule has 0 aliphatic heterocycles. The predicted molar refractivity (Wildman–Crippen MR) is 76.5 cm³/mol. The summed E-state index contributed by atoms with van der Waals surface area (Å²) in [6, 6.07) is 9.44. The molecule has 5 heteroatoms. The maximum Gasteiger partial charge on any atom is 0.145 e. The van der Waals surface area contributed by atoms with Gasteiger partial charge in [-0.05, 0) is 35.4 Å². The Morgan fingerprint density at radius 3 is 2.32 bits per heavy atom. The van der Waals surface area contributed by atoms with Crippen molar-refractivity contribution in [3.8, 4) is 0 Å². The van der Waals surface area contributed by atoms with E-state index in [0.29, 0.717) is 21.2 Å². The number of hydrogen-bond acceptors (Lipinski definition) is 1. The zero-order chi connectivity index (χ0) is 14.0. The Morgan fingerprint density at radius 1 is 1.05 bits per heavy atom. The van der Waals surface area contributed by atoms with Crippen LogP contribution in [0.4, 0.5) is 4.39 Å². The van der Waals surface area contributed by atoms with Gasteiger partial charge in [-0.2, -0.15) is 0 Å². The van der Waals surface area contributed by atoms with Crippen LogP contribution in [0.25, 0.3) is 0 Å². The van der Waals surface area contributed by atoms with Crippen LogP contribution >= 0.6 is 34.8 Å². The summed E-state index contributed by atoms with van der Waals surface area (Å²) < 4.78 is 13.7. The van der Waals surface area contributed by atoms with Crippen LogP contribution in [-0.2, 0) is 6.42 Å². The largest absolute Gasteiger partial charge is 0.388 e. The predicted octanol–water partition coefficient (Wildman–Crippen LogP) is 5.06. The molecule has 1 atom stereocenters. The van der Waals surface area contributed by atoms with Gasteiger partial charge in [0.1, 0.15) is 5.82 Å². The molecule has 0 radical (unpaired) electrons. The van der Waals surface area contributed by atoms with E-state index in [-0.39, 0.29) is 11.4 Å². The smallest absolute Gasteiger partial charge is 0.145 e. The average molecular weight is 320 g/mol. The summed E-state index contributed by atoms with van der Waals surface area (Å²) in [5.41, 5.74) is 0.882. The molecule has 0 heterocycles. The Kier molecular flexibility index (Phi) is 4.69. The normalized spacial score (nSPS) is 12.5. The third-order valence-electron chi connectivity index (χ3n) is 2.71. The summed E-state index contributed by atoms with van der Waals surface area (Å²) in [5.74, 6) is -0.517. The average Bonchev–Trinajstić information content (AvgIpc) is 2.33. The summed E-state index contributed by atoms with van der Waals surface area (Å²) in [7, 11) is 0. The van der Waals surface area contributed by atoms with Gasteiger partial charge in [-0.1, -0.05) is 46.9 Å². The van der Waals surface area contributed by atoms with Crippen LogP contribution in [0.1, 0.15) is 17.2 Å². The maximum absolute atomic E-state index is 13.7. The molecule has 0 aliphatic carbocycles. The molecule has 1 nitrogen and oxygen atoms in total. The van der Waals surface area contributed by atoms with Crippen molar-refractivity contribution in [3.05, 3.63) is 68.4 Å². The lowest BCUT2D eigenvalue weighted by Gasteiger charge is -2.13. The van der Waals surface area contributed by atoms with E-state index in [1.54, 1.807) is 30.3 Å². The topological polar surface area (TPSA) is 20.2 Å². The minimum atomic E-state index is -0.899. The molecule has 1 unspecified atom stereocenters. The first-order valence-corrected chi connectivity index (χ1v) is 6.67. The Bertz CT molecular complexity index is 581. The number of aliphatic hydroxyl groups is 1. The molecule has 0 saturated carbocycles. The minimum absolute atomic E-state index is 0.0360. The van der Waals surface area contributed by atoms with Gasteiger partial charge >= 0.3 is 0 Å². The van der Waals surface area contributed by atoms with Crippen LogP contribution in [0, 0.1) is 5.82 Å². The molecule has 0 spiro atoms. The zero-order valence-electron chi connectivity index (χ0n) is 9.71. The lowest BCUT2D eigenvalue weighted by Crippen LogP contribution is -2.04. The van der Waals surface area contributed by atoms with Crippen molar-refractivity contribution in [2.45, 2.75) is 12.5 Å². The van der Waals surface area contributed by atoms with Crippen LogP contribution < -0.4 is 0 Å². The van der Waals surface area contributed by atoms with Crippen molar-refractivity contribution in [2.24, 2.45) is 0 Å². The number of aliphatic hydroxyl groups excluding tert-OH is 1. The lowest BCUT2D eigenvalue weighted by atomic mass is 10.0. The first kappa shape index (κ1) is 14.6. The molecular formula is C14H10Cl3FO. The molecule has 0 aliphatic rings. The van der Waals surface area contributed by atoms with Gasteiger partial charge in [-0.25, -0.2) is 4.39 Å².